The van der Waals surface area contributed by atoms with Crippen molar-refractivity contribution in [1.29, 1.82) is 0 Å². The third-order valence-corrected chi connectivity index (χ3v) is 5.42. The summed E-state index contributed by atoms with van der Waals surface area (Å²) in [5.41, 5.74) is 1.17. The van der Waals surface area contributed by atoms with Crippen LogP contribution in [-0.2, 0) is 10.3 Å². The van der Waals surface area contributed by atoms with Crippen LogP contribution in [0.15, 0.2) is 66.9 Å². The average Bonchev–Trinajstić information content (AvgIpc) is 3.29. The number of carbonyl (C=O) groups excluding carboxylic acids is 1. The van der Waals surface area contributed by atoms with E-state index in [0.29, 0.717) is 34.5 Å². The maximum absolute atomic E-state index is 13.3. The third kappa shape index (κ3) is 5.06. The molecule has 2 aromatic carbocycles. The molecule has 0 bridgehead atoms. The molecular weight excluding hydrogens is 481 g/mol. The summed E-state index contributed by atoms with van der Waals surface area (Å²) in [6.07, 6.45) is -2.93. The predicted octanol–water partition coefficient (Wildman–Crippen LogP) is 4.01. The van der Waals surface area contributed by atoms with Crippen LogP contribution in [-0.4, -0.2) is 45.4 Å². The van der Waals surface area contributed by atoms with E-state index in [0.717, 1.165) is 0 Å². The molecule has 9 nitrogen and oxygen atoms in total. The Balaban J connectivity index is 0.000000967. The van der Waals surface area contributed by atoms with Crippen molar-refractivity contribution in [2.24, 2.45) is 0 Å². The first-order chi connectivity index (χ1) is 17.3. The highest BCUT2D eigenvalue weighted by molar-refractivity contribution is 5.95. The van der Waals surface area contributed by atoms with Crippen LogP contribution in [0.2, 0.25) is 0 Å². The van der Waals surface area contributed by atoms with E-state index in [1.54, 1.807) is 30.5 Å². The van der Waals surface area contributed by atoms with Gasteiger partial charge in [-0.2, -0.15) is 0 Å². The molecule has 0 saturated carbocycles. The zero-order valence-corrected chi connectivity index (χ0v) is 18.5. The summed E-state index contributed by atoms with van der Waals surface area (Å²) in [7, 11) is 0. The summed E-state index contributed by atoms with van der Waals surface area (Å²) < 4.78 is 47.5. The van der Waals surface area contributed by atoms with Gasteiger partial charge >= 0.3 is 6.36 Å². The van der Waals surface area contributed by atoms with Gasteiger partial charge < -0.3 is 24.9 Å². The molecule has 0 saturated heterocycles. The Kier molecular flexibility index (Phi) is 6.77. The van der Waals surface area contributed by atoms with E-state index in [1.165, 1.54) is 24.3 Å². The van der Waals surface area contributed by atoms with E-state index < -0.39 is 17.8 Å². The van der Waals surface area contributed by atoms with E-state index in [-0.39, 0.29) is 24.7 Å². The summed E-state index contributed by atoms with van der Waals surface area (Å²) in [6.45, 7) is 0.0138. The topological polar surface area (TPSA) is 126 Å². The number of fused-ring (bicyclic) bond motifs is 2. The minimum absolute atomic E-state index is 0.108. The molecule has 186 valence electrons. The molecule has 4 aromatic rings. The van der Waals surface area contributed by atoms with Crippen LogP contribution in [0, 0.1) is 0 Å². The third-order valence-electron chi connectivity index (χ3n) is 5.42. The van der Waals surface area contributed by atoms with Crippen LogP contribution in [0.5, 0.6) is 11.5 Å². The molecule has 1 unspecified atom stereocenters. The molecule has 1 atom stereocenters. The Morgan fingerprint density at radius 1 is 1.14 bits per heavy atom. The van der Waals surface area contributed by atoms with E-state index in [2.05, 4.69) is 25.0 Å². The van der Waals surface area contributed by atoms with Gasteiger partial charge in [0.15, 0.2) is 5.82 Å². The number of benzene rings is 2. The van der Waals surface area contributed by atoms with Gasteiger partial charge in [-0.25, -0.2) is 4.98 Å². The summed E-state index contributed by atoms with van der Waals surface area (Å²) in [5.74, 6) is -0.264. The number of para-hydroxylation sites is 2. The molecule has 5 rings (SSSR count). The van der Waals surface area contributed by atoms with Gasteiger partial charge in [0.2, 0.25) is 0 Å². The molecule has 3 N–H and O–H groups in total. The summed E-state index contributed by atoms with van der Waals surface area (Å²) >= 11 is 0. The van der Waals surface area contributed by atoms with Crippen molar-refractivity contribution in [2.45, 2.75) is 18.3 Å². The Labute approximate surface area is 201 Å². The molecular formula is C24H19F3N4O5. The average molecular weight is 500 g/mol. The normalized spacial score (nSPS) is 16.6. The molecule has 0 spiro atoms. The lowest BCUT2D eigenvalue weighted by Crippen LogP contribution is -2.50. The number of ether oxygens (including phenoxy) is 2. The van der Waals surface area contributed by atoms with Crippen molar-refractivity contribution in [1.82, 2.24) is 20.3 Å². The van der Waals surface area contributed by atoms with Crippen molar-refractivity contribution in [3.8, 4) is 11.5 Å². The maximum atomic E-state index is 13.3. The maximum Gasteiger partial charge on any atom is 0.573 e. The summed E-state index contributed by atoms with van der Waals surface area (Å²) in [4.78, 5) is 33.4. The zero-order valence-electron chi connectivity index (χ0n) is 18.5. The van der Waals surface area contributed by atoms with E-state index in [1.807, 2.05) is 12.1 Å². The number of nitrogens with one attached hydrogen (secondary N) is 2. The number of nitrogens with zero attached hydrogens (tertiary/aromatic N) is 2. The largest absolute Gasteiger partial charge is 0.573 e. The van der Waals surface area contributed by atoms with Gasteiger partial charge in [-0.05, 0) is 42.0 Å². The number of pyridine rings is 1. The molecule has 12 heteroatoms. The molecule has 3 heterocycles. The van der Waals surface area contributed by atoms with Crippen LogP contribution in [0.3, 0.4) is 0 Å². The van der Waals surface area contributed by atoms with Crippen LogP contribution < -0.4 is 14.8 Å². The van der Waals surface area contributed by atoms with Crippen molar-refractivity contribution in [3.63, 3.8) is 0 Å². The Bertz CT molecular complexity index is 1340. The van der Waals surface area contributed by atoms with E-state index >= 15 is 0 Å². The standard InChI is InChI=1S/C23H17F3N4O3.CH2O2/c24-23(25,26)33-15-9-7-14(8-10-15)22(11-13-32-18-6-3-12-27-19(18)22)30-21(31)20-28-16-4-1-2-5-17(16)29-20;2-1-3/h1-10,12H,11,13H2,(H,28,29)(H,30,31);1H,(H,2,3). The van der Waals surface area contributed by atoms with Crippen LogP contribution in [0.4, 0.5) is 13.2 Å². The molecule has 1 aliphatic rings. The Hall–Kier alpha value is -4.61. The number of hydrogen-bond donors (Lipinski definition) is 3. The smallest absolute Gasteiger partial charge is 0.491 e. The molecule has 1 amide bonds. The van der Waals surface area contributed by atoms with E-state index in [4.69, 9.17) is 14.6 Å². The lowest BCUT2D eigenvalue weighted by atomic mass is 9.81. The highest BCUT2D eigenvalue weighted by Crippen LogP contribution is 2.41. The number of aromatic amines is 1. The van der Waals surface area contributed by atoms with Gasteiger partial charge in [0, 0.05) is 12.6 Å². The van der Waals surface area contributed by atoms with Crippen molar-refractivity contribution < 1.29 is 37.3 Å². The van der Waals surface area contributed by atoms with Crippen LogP contribution in [0.25, 0.3) is 11.0 Å². The first-order valence-electron chi connectivity index (χ1n) is 10.6. The number of amides is 1. The molecule has 1 aliphatic heterocycles. The minimum Gasteiger partial charge on any atom is -0.491 e. The number of imidazole rings is 1. The zero-order chi connectivity index (χ0) is 25.8. The molecule has 2 aromatic heterocycles. The first kappa shape index (κ1) is 24.5. The van der Waals surface area contributed by atoms with Crippen molar-refractivity contribution >= 4 is 23.4 Å². The molecule has 0 aliphatic carbocycles. The van der Waals surface area contributed by atoms with Gasteiger partial charge in [0.05, 0.1) is 17.6 Å². The monoisotopic (exact) mass is 500 g/mol. The van der Waals surface area contributed by atoms with Crippen molar-refractivity contribution in [3.05, 3.63) is 83.9 Å². The SMILES string of the molecule is O=C(NC1(c2ccc(OC(F)(F)F)cc2)CCOc2cccnc21)c1nc2ccccc2[nH]1.O=CO. The van der Waals surface area contributed by atoms with Crippen LogP contribution in [0.1, 0.15) is 28.3 Å². The van der Waals surface area contributed by atoms with Gasteiger partial charge in [-0.1, -0.05) is 24.3 Å². The first-order valence-corrected chi connectivity index (χ1v) is 10.6. The molecule has 0 fully saturated rings. The number of H-pyrrole nitrogens is 1. The lowest BCUT2D eigenvalue weighted by Gasteiger charge is -2.38. The lowest BCUT2D eigenvalue weighted by molar-refractivity contribution is -0.274. The van der Waals surface area contributed by atoms with Crippen molar-refractivity contribution in [2.75, 3.05) is 6.61 Å². The number of hydrogen-bond acceptors (Lipinski definition) is 6. The summed E-state index contributed by atoms with van der Waals surface area (Å²) in [5, 5.41) is 9.90. The van der Waals surface area contributed by atoms with Gasteiger partial charge in [-0.3, -0.25) is 14.6 Å². The number of halogens is 3. The highest BCUT2D eigenvalue weighted by Gasteiger charge is 2.43. The molecule has 36 heavy (non-hydrogen) atoms. The second-order valence-corrected chi connectivity index (χ2v) is 7.59. The fourth-order valence-electron chi connectivity index (χ4n) is 3.99. The molecule has 0 radical (unpaired) electrons. The summed E-state index contributed by atoms with van der Waals surface area (Å²) in [6, 6.07) is 16.0. The fourth-order valence-corrected chi connectivity index (χ4v) is 3.99. The highest BCUT2D eigenvalue weighted by atomic mass is 19.4. The van der Waals surface area contributed by atoms with Gasteiger partial charge in [-0.15, -0.1) is 13.2 Å². The number of carboxylic acid groups (broad SMARTS) is 1. The van der Waals surface area contributed by atoms with Gasteiger partial charge in [0.25, 0.3) is 12.4 Å². The second kappa shape index (κ2) is 9.94. The number of rotatable bonds is 4. The predicted molar refractivity (Wildman–Crippen MR) is 121 cm³/mol. The van der Waals surface area contributed by atoms with Crippen LogP contribution >= 0.6 is 0 Å². The van der Waals surface area contributed by atoms with Gasteiger partial charge in [0.1, 0.15) is 22.7 Å². The Morgan fingerprint density at radius 3 is 2.56 bits per heavy atom. The quantitative estimate of drug-likeness (QED) is 0.362. The minimum atomic E-state index is -4.80. The Morgan fingerprint density at radius 2 is 1.86 bits per heavy atom. The van der Waals surface area contributed by atoms with E-state index in [9.17, 15) is 18.0 Å². The second-order valence-electron chi connectivity index (χ2n) is 7.59. The fraction of sp³-hybridized carbons (Fsp3) is 0.167. The number of aromatic nitrogens is 3. The number of carbonyl (C=O) groups is 2. The number of alkyl halides is 3.